The smallest absolute Gasteiger partial charge is 0.212 e. The lowest BCUT2D eigenvalue weighted by molar-refractivity contribution is 0.104. The van der Waals surface area contributed by atoms with Gasteiger partial charge in [-0.3, -0.25) is 9.59 Å². The van der Waals surface area contributed by atoms with Crippen LogP contribution in [0, 0.1) is 0 Å². The van der Waals surface area contributed by atoms with E-state index in [1.54, 1.807) is 0 Å². The van der Waals surface area contributed by atoms with Crippen molar-refractivity contribution in [3.8, 4) is 33.8 Å². The van der Waals surface area contributed by atoms with Crippen LogP contribution in [0.1, 0.15) is 20.7 Å². The van der Waals surface area contributed by atoms with Crippen LogP contribution >= 0.6 is 69.6 Å². The second kappa shape index (κ2) is 6.82. The molecule has 2 aliphatic carbocycles. The van der Waals surface area contributed by atoms with Crippen LogP contribution in [-0.2, 0) is 0 Å². The van der Waals surface area contributed by atoms with Crippen LogP contribution in [0.2, 0.25) is 20.1 Å². The van der Waals surface area contributed by atoms with Gasteiger partial charge in [0.25, 0.3) is 0 Å². The van der Waals surface area contributed by atoms with Crippen LogP contribution in [0.3, 0.4) is 0 Å². The highest BCUT2D eigenvalue weighted by Gasteiger charge is 2.40. The summed E-state index contributed by atoms with van der Waals surface area (Å²) in [6.07, 6.45) is 0. The molecule has 1 heterocycles. The quantitative estimate of drug-likeness (QED) is 0.383. The molecule has 5 nitrogen and oxygen atoms in total. The Balaban J connectivity index is 2.10. The molecule has 0 saturated heterocycles. The van der Waals surface area contributed by atoms with E-state index < -0.39 is 33.1 Å². The van der Waals surface area contributed by atoms with Crippen LogP contribution in [-0.4, -0.2) is 21.8 Å². The monoisotopic (exact) mass is 534 g/mol. The predicted molar refractivity (Wildman–Crippen MR) is 119 cm³/mol. The molecule has 1 aromatic heterocycles. The molecule has 156 valence electrons. The molecule has 0 atom stereocenters. The van der Waals surface area contributed by atoms with Gasteiger partial charge in [0.15, 0.2) is 10.8 Å². The van der Waals surface area contributed by atoms with Crippen molar-refractivity contribution >= 4 is 91.2 Å². The number of aromatic hydroxyl groups is 2. The number of rotatable bonds is 0. The fourth-order valence-electron chi connectivity index (χ4n) is 3.79. The van der Waals surface area contributed by atoms with Gasteiger partial charge in [-0.1, -0.05) is 69.6 Å². The Kier molecular flexibility index (Phi) is 4.62. The number of furan rings is 1. The maximum absolute atomic E-state index is 12.9. The minimum absolute atomic E-state index is 0.00375. The molecule has 5 rings (SSSR count). The Bertz CT molecular complexity index is 1440. The number of phenols is 2. The highest BCUT2D eigenvalue weighted by atomic mass is 35.5. The molecule has 0 spiro atoms. The predicted octanol–water partition coefficient (Wildman–Crippen LogP) is 5.73. The van der Waals surface area contributed by atoms with Gasteiger partial charge in [0.1, 0.15) is 21.6 Å². The summed E-state index contributed by atoms with van der Waals surface area (Å²) in [5.41, 5.74) is -0.315. The lowest BCUT2D eigenvalue weighted by Gasteiger charge is -2.20. The summed E-state index contributed by atoms with van der Waals surface area (Å²) in [5, 5.41) is 19.8. The third kappa shape index (κ3) is 2.59. The summed E-state index contributed by atoms with van der Waals surface area (Å²) in [7, 11) is 0. The van der Waals surface area contributed by atoms with E-state index in [9.17, 15) is 19.8 Å². The molecule has 3 aromatic rings. The zero-order valence-corrected chi connectivity index (χ0v) is 19.1. The van der Waals surface area contributed by atoms with Crippen LogP contribution < -0.4 is 10.8 Å². The lowest BCUT2D eigenvalue weighted by Crippen LogP contribution is -2.19. The van der Waals surface area contributed by atoms with Gasteiger partial charge in [0.2, 0.25) is 11.6 Å². The summed E-state index contributed by atoms with van der Waals surface area (Å²) < 4.78 is 5.73. The first-order valence-corrected chi connectivity index (χ1v) is 10.6. The molecule has 2 aromatic carbocycles. The van der Waals surface area contributed by atoms with E-state index in [4.69, 9.17) is 74.0 Å². The van der Waals surface area contributed by atoms with Gasteiger partial charge in [0, 0.05) is 22.3 Å². The van der Waals surface area contributed by atoms with E-state index in [1.807, 2.05) is 0 Å². The topological polar surface area (TPSA) is 87.7 Å². The van der Waals surface area contributed by atoms with Gasteiger partial charge in [-0.2, -0.15) is 0 Å². The maximum atomic E-state index is 12.9. The maximum Gasteiger partial charge on any atom is 0.212 e. The summed E-state index contributed by atoms with van der Waals surface area (Å²) in [4.78, 5) is 25.8. The molecule has 0 unspecified atom stereocenters. The number of halogens is 6. The third-order valence-electron chi connectivity index (χ3n) is 5.07. The highest BCUT2D eigenvalue weighted by molar-refractivity contribution is 6.66. The second-order valence-electron chi connectivity index (χ2n) is 6.67. The highest BCUT2D eigenvalue weighted by Crippen LogP contribution is 2.50. The van der Waals surface area contributed by atoms with E-state index in [1.165, 1.54) is 12.1 Å². The van der Waals surface area contributed by atoms with Gasteiger partial charge in [-0.05, 0) is 12.1 Å². The van der Waals surface area contributed by atoms with E-state index in [2.05, 4.69) is 0 Å². The van der Waals surface area contributed by atoms with Crippen molar-refractivity contribution < 1.29 is 24.2 Å². The van der Waals surface area contributed by atoms with E-state index in [0.717, 1.165) is 0 Å². The minimum atomic E-state index is -0.787. The SMILES string of the molecule is O=C1C(Cl)=c2oc3c(c2-c2c(Cl)cc(Cl)c(O)c21)-c1c(Cl)cc(Cl)c(O)c1C(=O)C=3Cl. The molecule has 0 saturated carbocycles. The van der Waals surface area contributed by atoms with Crippen molar-refractivity contribution in [1.29, 1.82) is 0 Å². The fraction of sp³-hybridized carbons (Fsp3) is 0. The first-order chi connectivity index (χ1) is 14.6. The second-order valence-corrected chi connectivity index (χ2v) is 9.06. The number of carbonyl (C=O) groups is 2. The van der Waals surface area contributed by atoms with Crippen molar-refractivity contribution in [1.82, 2.24) is 0 Å². The summed E-state index contributed by atoms with van der Waals surface area (Å²) >= 11 is 37.3. The van der Waals surface area contributed by atoms with Gasteiger partial charge in [-0.25, -0.2) is 0 Å². The molecule has 0 radical (unpaired) electrons. The molecule has 2 aliphatic rings. The summed E-state index contributed by atoms with van der Waals surface area (Å²) in [6.45, 7) is 0. The minimum Gasteiger partial charge on any atom is -0.506 e. The Morgan fingerprint density at radius 2 is 0.903 bits per heavy atom. The van der Waals surface area contributed by atoms with Crippen LogP contribution in [0.25, 0.3) is 32.3 Å². The first kappa shape index (κ1) is 21.0. The van der Waals surface area contributed by atoms with Crippen molar-refractivity contribution in [2.45, 2.75) is 0 Å². The normalized spacial score (nSPS) is 14.4. The van der Waals surface area contributed by atoms with Crippen LogP contribution in [0.15, 0.2) is 16.5 Å². The zero-order chi connectivity index (χ0) is 22.5. The van der Waals surface area contributed by atoms with Crippen molar-refractivity contribution in [3.63, 3.8) is 0 Å². The average Bonchev–Trinajstić information content (AvgIpc) is 3.10. The summed E-state index contributed by atoms with van der Waals surface area (Å²) in [5.74, 6) is -2.64. The van der Waals surface area contributed by atoms with Gasteiger partial charge >= 0.3 is 0 Å². The van der Waals surface area contributed by atoms with Crippen molar-refractivity contribution in [2.75, 3.05) is 0 Å². The largest absolute Gasteiger partial charge is 0.506 e. The Morgan fingerprint density at radius 1 is 0.548 bits per heavy atom. The molecular weight excluding hydrogens is 533 g/mol. The van der Waals surface area contributed by atoms with E-state index >= 15 is 0 Å². The molecule has 0 aliphatic heterocycles. The van der Waals surface area contributed by atoms with Gasteiger partial charge in [0.05, 0.1) is 31.2 Å². The number of fused-ring (bicyclic) bond motifs is 7. The van der Waals surface area contributed by atoms with Crippen LogP contribution in [0.5, 0.6) is 11.5 Å². The standard InChI is InChI=1S/C20H4Cl6O5/c21-3-1-5(23)15(27)11-7(3)9-10-8-4(22)2-6(24)16(28)12(8)18(30)14(26)20(10)31-19(9)13(25)17(11)29/h1-2,27-28H. The van der Waals surface area contributed by atoms with Crippen molar-refractivity contribution in [2.24, 2.45) is 0 Å². The Morgan fingerprint density at radius 3 is 1.26 bits per heavy atom. The fourth-order valence-corrected chi connectivity index (χ4v) is 5.36. The summed E-state index contributed by atoms with van der Waals surface area (Å²) in [6, 6.07) is 2.49. The Labute approximate surface area is 202 Å². The Hall–Kier alpha value is -1.86. The number of hydrogen-bond acceptors (Lipinski definition) is 5. The molecule has 11 heteroatoms. The number of phenolic OH excluding ortho intramolecular Hbond substituents is 2. The lowest BCUT2D eigenvalue weighted by atomic mass is 9.84. The first-order valence-electron chi connectivity index (χ1n) is 8.30. The average molecular weight is 537 g/mol. The van der Waals surface area contributed by atoms with Crippen molar-refractivity contribution in [3.05, 3.63) is 54.2 Å². The molecule has 31 heavy (non-hydrogen) atoms. The molecule has 0 bridgehead atoms. The molecule has 0 fully saturated rings. The molecular formula is C20H4Cl6O5. The molecule has 2 N–H and O–H groups in total. The number of carbonyl (C=O) groups excluding carboxylic acids is 2. The number of hydrogen-bond donors (Lipinski definition) is 2. The number of benzene rings is 2. The molecule has 0 amide bonds. The van der Waals surface area contributed by atoms with E-state index in [-0.39, 0.29) is 64.3 Å². The number of ketones is 2. The van der Waals surface area contributed by atoms with Gasteiger partial charge < -0.3 is 14.6 Å². The van der Waals surface area contributed by atoms with E-state index in [0.29, 0.717) is 0 Å². The number of Topliss-reactive ketones (excluding diaryl/α,β-unsaturated/α-hetero) is 2. The zero-order valence-electron chi connectivity index (χ0n) is 14.5. The van der Waals surface area contributed by atoms with Crippen LogP contribution in [0.4, 0.5) is 0 Å². The third-order valence-corrected chi connectivity index (χ3v) is 6.93. The van der Waals surface area contributed by atoms with Gasteiger partial charge in [-0.15, -0.1) is 0 Å².